The molecule has 2 aromatic carbocycles. The van der Waals surface area contributed by atoms with E-state index >= 15 is 0 Å². The second kappa shape index (κ2) is 7.47. The van der Waals surface area contributed by atoms with Crippen molar-refractivity contribution in [3.05, 3.63) is 59.2 Å². The number of hydrogen-bond acceptors (Lipinski definition) is 4. The van der Waals surface area contributed by atoms with Gasteiger partial charge in [-0.05, 0) is 48.6 Å². The molecule has 5 heteroatoms. The second-order valence-corrected chi connectivity index (χ2v) is 8.77. The van der Waals surface area contributed by atoms with E-state index in [0.29, 0.717) is 26.4 Å². The standard InChI is InChI=1S/C24H29NO4/c1-17-6-11-21-20(16-17)24(28-13-5-14-29-24)22(26)25(21)12-15-27-19-9-7-18(8-10-19)23(2,3)4/h6-11,16H,5,12-15H2,1-4H3. The maximum atomic E-state index is 13.3. The summed E-state index contributed by atoms with van der Waals surface area (Å²) in [7, 11) is 0. The quantitative estimate of drug-likeness (QED) is 0.774. The highest BCUT2D eigenvalue weighted by atomic mass is 16.7. The predicted molar refractivity (Wildman–Crippen MR) is 112 cm³/mol. The van der Waals surface area contributed by atoms with Crippen molar-refractivity contribution >= 4 is 11.6 Å². The molecule has 0 bridgehead atoms. The Kier molecular flexibility index (Phi) is 5.13. The number of rotatable bonds is 4. The summed E-state index contributed by atoms with van der Waals surface area (Å²) in [6, 6.07) is 14.1. The zero-order valence-corrected chi connectivity index (χ0v) is 17.7. The molecule has 2 heterocycles. The first-order valence-corrected chi connectivity index (χ1v) is 10.3. The van der Waals surface area contributed by atoms with Gasteiger partial charge in [-0.1, -0.05) is 44.5 Å². The van der Waals surface area contributed by atoms with Crippen LogP contribution in [0.3, 0.4) is 0 Å². The molecule has 1 spiro atoms. The number of amides is 1. The number of carbonyl (C=O) groups excluding carboxylic acids is 1. The summed E-state index contributed by atoms with van der Waals surface area (Å²) >= 11 is 0. The first-order valence-electron chi connectivity index (χ1n) is 10.3. The van der Waals surface area contributed by atoms with Crippen LogP contribution in [0, 0.1) is 6.92 Å². The first-order chi connectivity index (χ1) is 13.8. The number of benzene rings is 2. The molecule has 5 nitrogen and oxygen atoms in total. The number of carbonyl (C=O) groups is 1. The van der Waals surface area contributed by atoms with Gasteiger partial charge in [0.1, 0.15) is 12.4 Å². The molecule has 0 unspecified atom stereocenters. The average Bonchev–Trinajstić information content (AvgIpc) is 2.91. The number of ether oxygens (including phenoxy) is 3. The first kappa shape index (κ1) is 19.9. The van der Waals surface area contributed by atoms with Crippen molar-refractivity contribution in [3.63, 3.8) is 0 Å². The van der Waals surface area contributed by atoms with Crippen LogP contribution in [-0.4, -0.2) is 32.3 Å². The van der Waals surface area contributed by atoms with E-state index in [-0.39, 0.29) is 11.3 Å². The second-order valence-electron chi connectivity index (χ2n) is 8.77. The summed E-state index contributed by atoms with van der Waals surface area (Å²) in [5.41, 5.74) is 4.09. The number of anilines is 1. The van der Waals surface area contributed by atoms with Crippen LogP contribution in [0.5, 0.6) is 5.75 Å². The Morgan fingerprint density at radius 2 is 1.76 bits per heavy atom. The molecular formula is C24H29NO4. The molecular weight excluding hydrogens is 366 g/mol. The van der Waals surface area contributed by atoms with E-state index in [4.69, 9.17) is 14.2 Å². The Morgan fingerprint density at radius 1 is 1.07 bits per heavy atom. The lowest BCUT2D eigenvalue weighted by Gasteiger charge is -2.32. The van der Waals surface area contributed by atoms with Crippen molar-refractivity contribution in [1.29, 1.82) is 0 Å². The summed E-state index contributed by atoms with van der Waals surface area (Å²) in [6.45, 7) is 10.4. The zero-order valence-electron chi connectivity index (χ0n) is 17.7. The van der Waals surface area contributed by atoms with Crippen LogP contribution >= 0.6 is 0 Å². The van der Waals surface area contributed by atoms with Gasteiger partial charge in [-0.3, -0.25) is 4.79 Å². The normalized spacial score (nSPS) is 18.2. The summed E-state index contributed by atoms with van der Waals surface area (Å²) in [6.07, 6.45) is 0.795. The van der Waals surface area contributed by atoms with Gasteiger partial charge in [0.15, 0.2) is 0 Å². The third-order valence-electron chi connectivity index (χ3n) is 5.53. The highest BCUT2D eigenvalue weighted by Gasteiger charge is 2.54. The van der Waals surface area contributed by atoms with E-state index in [0.717, 1.165) is 29.0 Å². The van der Waals surface area contributed by atoms with Crippen molar-refractivity contribution in [2.45, 2.75) is 45.3 Å². The Morgan fingerprint density at radius 3 is 2.41 bits per heavy atom. The van der Waals surface area contributed by atoms with E-state index < -0.39 is 5.79 Å². The van der Waals surface area contributed by atoms with Crippen molar-refractivity contribution in [3.8, 4) is 5.75 Å². The lowest BCUT2D eigenvalue weighted by Crippen LogP contribution is -2.48. The lowest BCUT2D eigenvalue weighted by molar-refractivity contribution is -0.256. The van der Waals surface area contributed by atoms with E-state index in [1.807, 2.05) is 37.3 Å². The number of aryl methyl sites for hydroxylation is 1. The maximum absolute atomic E-state index is 13.3. The van der Waals surface area contributed by atoms with Crippen LogP contribution in [0.15, 0.2) is 42.5 Å². The van der Waals surface area contributed by atoms with Crippen molar-refractivity contribution in [1.82, 2.24) is 0 Å². The zero-order chi connectivity index (χ0) is 20.6. The Hall–Kier alpha value is -2.37. The van der Waals surface area contributed by atoms with Crippen LogP contribution in [0.25, 0.3) is 0 Å². The topological polar surface area (TPSA) is 48.0 Å². The molecule has 2 aliphatic rings. The van der Waals surface area contributed by atoms with Gasteiger partial charge >= 0.3 is 0 Å². The van der Waals surface area contributed by atoms with Crippen molar-refractivity contribution < 1.29 is 19.0 Å². The molecule has 0 radical (unpaired) electrons. The fraction of sp³-hybridized carbons (Fsp3) is 0.458. The number of fused-ring (bicyclic) bond motifs is 2. The molecule has 1 saturated heterocycles. The molecule has 29 heavy (non-hydrogen) atoms. The molecule has 154 valence electrons. The molecule has 0 aromatic heterocycles. The van der Waals surface area contributed by atoms with E-state index in [1.54, 1.807) is 4.90 Å². The monoisotopic (exact) mass is 395 g/mol. The molecule has 0 atom stereocenters. The van der Waals surface area contributed by atoms with Gasteiger partial charge < -0.3 is 19.1 Å². The fourth-order valence-corrected chi connectivity index (χ4v) is 3.89. The summed E-state index contributed by atoms with van der Waals surface area (Å²) in [4.78, 5) is 15.0. The van der Waals surface area contributed by atoms with Gasteiger partial charge in [0, 0.05) is 5.56 Å². The third kappa shape index (κ3) is 3.65. The highest BCUT2D eigenvalue weighted by Crippen LogP contribution is 2.45. The predicted octanol–water partition coefficient (Wildman–Crippen LogP) is 4.31. The Labute approximate surface area is 172 Å². The molecule has 1 amide bonds. The van der Waals surface area contributed by atoms with Crippen LogP contribution in [0.4, 0.5) is 5.69 Å². The van der Waals surface area contributed by atoms with E-state index in [9.17, 15) is 4.79 Å². The molecule has 4 rings (SSSR count). The number of hydrogen-bond donors (Lipinski definition) is 0. The van der Waals surface area contributed by atoms with Crippen LogP contribution in [0.1, 0.15) is 43.9 Å². The van der Waals surface area contributed by atoms with Crippen molar-refractivity contribution in [2.24, 2.45) is 0 Å². The summed E-state index contributed by atoms with van der Waals surface area (Å²) < 4.78 is 17.7. The van der Waals surface area contributed by atoms with Crippen LogP contribution < -0.4 is 9.64 Å². The Balaban J connectivity index is 1.49. The number of nitrogens with zero attached hydrogens (tertiary/aromatic N) is 1. The lowest BCUT2D eigenvalue weighted by atomic mass is 9.87. The van der Waals surface area contributed by atoms with Gasteiger partial charge in [-0.2, -0.15) is 0 Å². The van der Waals surface area contributed by atoms with Crippen LogP contribution in [-0.2, 0) is 25.5 Å². The van der Waals surface area contributed by atoms with Crippen molar-refractivity contribution in [2.75, 3.05) is 31.3 Å². The summed E-state index contributed by atoms with van der Waals surface area (Å²) in [5, 5.41) is 0. The molecule has 2 aromatic rings. The molecule has 0 aliphatic carbocycles. The van der Waals surface area contributed by atoms with Crippen LogP contribution in [0.2, 0.25) is 0 Å². The largest absolute Gasteiger partial charge is 0.492 e. The SMILES string of the molecule is Cc1ccc2c(c1)C1(OCCCO1)C(=O)N2CCOc1ccc(C(C)(C)C)cc1. The van der Waals surface area contributed by atoms with Gasteiger partial charge in [0.05, 0.1) is 25.4 Å². The van der Waals surface area contributed by atoms with E-state index in [1.165, 1.54) is 5.56 Å². The van der Waals surface area contributed by atoms with Gasteiger partial charge in [0.2, 0.25) is 0 Å². The molecule has 2 aliphatic heterocycles. The minimum Gasteiger partial charge on any atom is -0.492 e. The Bertz CT molecular complexity index is 892. The molecule has 1 fully saturated rings. The van der Waals surface area contributed by atoms with Gasteiger partial charge in [-0.15, -0.1) is 0 Å². The molecule has 0 saturated carbocycles. The van der Waals surface area contributed by atoms with E-state index in [2.05, 4.69) is 32.9 Å². The average molecular weight is 395 g/mol. The third-order valence-corrected chi connectivity index (χ3v) is 5.53. The minimum absolute atomic E-state index is 0.108. The smallest absolute Gasteiger partial charge is 0.292 e. The minimum atomic E-state index is -1.30. The highest BCUT2D eigenvalue weighted by molar-refractivity contribution is 6.06. The molecule has 0 N–H and O–H groups in total. The van der Waals surface area contributed by atoms with Gasteiger partial charge in [-0.25, -0.2) is 0 Å². The fourth-order valence-electron chi connectivity index (χ4n) is 3.89. The van der Waals surface area contributed by atoms with Gasteiger partial charge in [0.25, 0.3) is 11.7 Å². The maximum Gasteiger partial charge on any atom is 0.292 e. The summed E-state index contributed by atoms with van der Waals surface area (Å²) in [5.74, 6) is -0.660.